The van der Waals surface area contributed by atoms with Crippen LogP contribution < -0.4 is 0 Å². The summed E-state index contributed by atoms with van der Waals surface area (Å²) < 4.78 is 44.8. The third kappa shape index (κ3) is 4.09. The third-order valence-corrected chi connectivity index (χ3v) is 5.74. The fourth-order valence-corrected chi connectivity index (χ4v) is 4.13. The van der Waals surface area contributed by atoms with Gasteiger partial charge in [0.15, 0.2) is 0 Å². The zero-order chi connectivity index (χ0) is 17.9. The number of rotatable bonds is 4. The zero-order valence-electron chi connectivity index (χ0n) is 13.4. The first-order valence-electron chi connectivity index (χ1n) is 7.38. The summed E-state index contributed by atoms with van der Waals surface area (Å²) in [6, 6.07) is 3.82. The molecule has 132 valence electrons. The van der Waals surface area contributed by atoms with Crippen molar-refractivity contribution < 1.29 is 27.1 Å². The van der Waals surface area contributed by atoms with Crippen molar-refractivity contribution in [3.05, 3.63) is 30.1 Å². The predicted molar refractivity (Wildman–Crippen MR) is 83.0 cm³/mol. The Morgan fingerprint density at radius 2 is 1.83 bits per heavy atom. The number of carbonyl (C=O) groups is 2. The van der Waals surface area contributed by atoms with E-state index in [4.69, 9.17) is 4.74 Å². The Morgan fingerprint density at radius 1 is 1.21 bits per heavy atom. The lowest BCUT2D eigenvalue weighted by Gasteiger charge is -2.39. The smallest absolute Gasteiger partial charge is 0.302 e. The Morgan fingerprint density at radius 3 is 2.38 bits per heavy atom. The lowest BCUT2D eigenvalue weighted by molar-refractivity contribution is -0.143. The van der Waals surface area contributed by atoms with E-state index in [1.807, 2.05) is 0 Å². The quantitative estimate of drug-likeness (QED) is 0.737. The molecule has 1 saturated heterocycles. The van der Waals surface area contributed by atoms with Crippen molar-refractivity contribution in [3.63, 3.8) is 0 Å². The first-order valence-corrected chi connectivity index (χ1v) is 8.82. The van der Waals surface area contributed by atoms with Gasteiger partial charge in [0, 0.05) is 33.5 Å². The number of nitrogens with zero attached hydrogens (tertiary/aromatic N) is 2. The van der Waals surface area contributed by atoms with Crippen LogP contribution in [0, 0.1) is 5.82 Å². The van der Waals surface area contributed by atoms with Crippen molar-refractivity contribution >= 4 is 21.9 Å². The van der Waals surface area contributed by atoms with Crippen LogP contribution >= 0.6 is 0 Å². The molecule has 2 rings (SSSR count). The number of ether oxygens (including phenoxy) is 1. The number of hydrogen-bond acceptors (Lipinski definition) is 5. The Balaban J connectivity index is 2.28. The van der Waals surface area contributed by atoms with E-state index in [-0.39, 0.29) is 37.0 Å². The van der Waals surface area contributed by atoms with Crippen LogP contribution in [0.2, 0.25) is 0 Å². The van der Waals surface area contributed by atoms with Gasteiger partial charge in [-0.15, -0.1) is 0 Å². The molecular weight excluding hydrogens is 339 g/mol. The number of halogens is 1. The van der Waals surface area contributed by atoms with E-state index in [1.165, 1.54) is 35.2 Å². The van der Waals surface area contributed by atoms with E-state index in [0.29, 0.717) is 0 Å². The van der Waals surface area contributed by atoms with Crippen molar-refractivity contribution in [1.82, 2.24) is 9.21 Å². The first kappa shape index (κ1) is 18.3. The van der Waals surface area contributed by atoms with Crippen molar-refractivity contribution in [1.29, 1.82) is 0 Å². The number of amides is 1. The molecule has 1 fully saturated rings. The second-order valence-corrected chi connectivity index (χ2v) is 7.38. The van der Waals surface area contributed by atoms with Crippen LogP contribution in [0.4, 0.5) is 4.39 Å². The molecule has 1 atom stereocenters. The number of sulfonamides is 1. The molecule has 1 aromatic rings. The average Bonchev–Trinajstić information content (AvgIpc) is 2.52. The highest BCUT2D eigenvalue weighted by Crippen LogP contribution is 2.22. The normalized spacial score (nSPS) is 19.1. The molecule has 0 unspecified atom stereocenters. The molecule has 24 heavy (non-hydrogen) atoms. The van der Waals surface area contributed by atoms with Gasteiger partial charge in [0.05, 0.1) is 10.9 Å². The van der Waals surface area contributed by atoms with Gasteiger partial charge in [-0.2, -0.15) is 4.31 Å². The zero-order valence-corrected chi connectivity index (χ0v) is 14.3. The maximum absolute atomic E-state index is 13.0. The molecule has 0 bridgehead atoms. The number of esters is 1. The number of piperazine rings is 1. The molecule has 0 saturated carbocycles. The van der Waals surface area contributed by atoms with Crippen LogP contribution in [0.1, 0.15) is 13.8 Å². The van der Waals surface area contributed by atoms with E-state index >= 15 is 0 Å². The van der Waals surface area contributed by atoms with Gasteiger partial charge in [-0.25, -0.2) is 12.8 Å². The van der Waals surface area contributed by atoms with Crippen LogP contribution in [-0.4, -0.2) is 61.8 Å². The number of carbonyl (C=O) groups excluding carboxylic acids is 2. The lowest BCUT2D eigenvalue weighted by Crippen LogP contribution is -2.57. The van der Waals surface area contributed by atoms with Gasteiger partial charge in [-0.3, -0.25) is 9.59 Å². The summed E-state index contributed by atoms with van der Waals surface area (Å²) in [5.74, 6) is -1.25. The highest BCUT2D eigenvalue weighted by molar-refractivity contribution is 7.89. The Labute approximate surface area is 140 Å². The first-order chi connectivity index (χ1) is 11.2. The molecule has 9 heteroatoms. The van der Waals surface area contributed by atoms with E-state index in [2.05, 4.69) is 0 Å². The Kier molecular flexibility index (Phi) is 5.55. The second kappa shape index (κ2) is 7.27. The summed E-state index contributed by atoms with van der Waals surface area (Å²) in [4.78, 5) is 24.1. The molecule has 1 aromatic carbocycles. The molecule has 1 heterocycles. The number of benzene rings is 1. The summed E-state index contributed by atoms with van der Waals surface area (Å²) in [6.07, 6.45) is 0. The van der Waals surface area contributed by atoms with Gasteiger partial charge >= 0.3 is 5.97 Å². The average molecular weight is 358 g/mol. The standard InChI is InChI=1S/C15H19FN2O5S/c1-11(19)17-7-8-18(14(9-17)10-23-12(2)20)24(21,22)15-5-3-13(16)4-6-15/h3-6,14H,7-10H2,1-2H3/t14-/m0/s1. The molecule has 0 N–H and O–H groups in total. The molecule has 1 amide bonds. The van der Waals surface area contributed by atoms with Gasteiger partial charge < -0.3 is 9.64 Å². The maximum Gasteiger partial charge on any atom is 0.302 e. The summed E-state index contributed by atoms with van der Waals surface area (Å²) in [5, 5.41) is 0. The topological polar surface area (TPSA) is 84.0 Å². The summed E-state index contributed by atoms with van der Waals surface area (Å²) in [6.45, 7) is 2.91. The summed E-state index contributed by atoms with van der Waals surface area (Å²) in [7, 11) is -3.89. The molecule has 7 nitrogen and oxygen atoms in total. The van der Waals surface area contributed by atoms with E-state index < -0.39 is 27.9 Å². The molecule has 1 aliphatic rings. The van der Waals surface area contributed by atoms with Crippen LogP contribution in [0.15, 0.2) is 29.2 Å². The van der Waals surface area contributed by atoms with Gasteiger partial charge in [-0.05, 0) is 24.3 Å². The lowest BCUT2D eigenvalue weighted by atomic mass is 10.2. The molecule has 1 aliphatic heterocycles. The van der Waals surface area contributed by atoms with Crippen LogP contribution in [0.25, 0.3) is 0 Å². The summed E-state index contributed by atoms with van der Waals surface area (Å²) >= 11 is 0. The number of hydrogen-bond donors (Lipinski definition) is 0. The Bertz CT molecular complexity index is 720. The van der Waals surface area contributed by atoms with Crippen molar-refractivity contribution in [2.75, 3.05) is 26.2 Å². The van der Waals surface area contributed by atoms with Gasteiger partial charge in [0.25, 0.3) is 0 Å². The minimum absolute atomic E-state index is 0.0481. The molecule has 0 aliphatic carbocycles. The van der Waals surface area contributed by atoms with Gasteiger partial charge in [0.2, 0.25) is 15.9 Å². The molecule has 0 aromatic heterocycles. The van der Waals surface area contributed by atoms with Crippen LogP contribution in [0.3, 0.4) is 0 Å². The van der Waals surface area contributed by atoms with E-state index in [1.54, 1.807) is 0 Å². The molecule has 0 spiro atoms. The third-order valence-electron chi connectivity index (χ3n) is 3.77. The highest BCUT2D eigenvalue weighted by atomic mass is 32.2. The molecule has 0 radical (unpaired) electrons. The van der Waals surface area contributed by atoms with Crippen LogP contribution in [0.5, 0.6) is 0 Å². The summed E-state index contributed by atoms with van der Waals surface area (Å²) in [5.41, 5.74) is 0. The SMILES string of the molecule is CC(=O)OC[C@@H]1CN(C(C)=O)CCN1S(=O)(=O)c1ccc(F)cc1. The minimum Gasteiger partial charge on any atom is -0.464 e. The maximum atomic E-state index is 13.0. The fraction of sp³-hybridized carbons (Fsp3) is 0.467. The predicted octanol–water partition coefficient (Wildman–Crippen LogP) is 0.610. The second-order valence-electron chi connectivity index (χ2n) is 5.49. The van der Waals surface area contributed by atoms with Crippen molar-refractivity contribution in [2.45, 2.75) is 24.8 Å². The minimum atomic E-state index is -3.89. The van der Waals surface area contributed by atoms with Crippen molar-refractivity contribution in [3.8, 4) is 0 Å². The van der Waals surface area contributed by atoms with Gasteiger partial charge in [-0.1, -0.05) is 0 Å². The van der Waals surface area contributed by atoms with E-state index in [9.17, 15) is 22.4 Å². The fourth-order valence-electron chi connectivity index (χ4n) is 2.53. The highest BCUT2D eigenvalue weighted by Gasteiger charge is 2.37. The Hall–Kier alpha value is -2.00. The largest absolute Gasteiger partial charge is 0.464 e. The van der Waals surface area contributed by atoms with Gasteiger partial charge in [0.1, 0.15) is 12.4 Å². The van der Waals surface area contributed by atoms with Crippen molar-refractivity contribution in [2.24, 2.45) is 0 Å². The van der Waals surface area contributed by atoms with Crippen LogP contribution in [-0.2, 0) is 24.3 Å². The monoisotopic (exact) mass is 358 g/mol. The molecular formula is C15H19FN2O5S. The van der Waals surface area contributed by atoms with E-state index in [0.717, 1.165) is 12.1 Å².